The highest BCUT2D eigenvalue weighted by molar-refractivity contribution is 5.94. The van der Waals surface area contributed by atoms with Crippen molar-refractivity contribution in [1.82, 2.24) is 0 Å². The molecule has 1 rings (SSSR count). The molecule has 2 heteroatoms. The molecule has 0 fully saturated rings. The summed E-state index contributed by atoms with van der Waals surface area (Å²) in [5, 5.41) is 0. The highest BCUT2D eigenvalue weighted by Crippen LogP contribution is 2.27. The molecule has 0 saturated carbocycles. The highest BCUT2D eigenvalue weighted by Gasteiger charge is 2.15. The van der Waals surface area contributed by atoms with Gasteiger partial charge in [0.05, 0.1) is 0 Å². The predicted octanol–water partition coefficient (Wildman–Crippen LogP) is 3.47. The van der Waals surface area contributed by atoms with Crippen LogP contribution in [0.1, 0.15) is 61.4 Å². The van der Waals surface area contributed by atoms with Crippen molar-refractivity contribution in [1.29, 1.82) is 0 Å². The van der Waals surface area contributed by atoms with E-state index in [0.29, 0.717) is 11.5 Å². The first-order valence-electron chi connectivity index (χ1n) is 6.09. The lowest BCUT2D eigenvalue weighted by Crippen LogP contribution is -2.15. The molecule has 0 aliphatic carbocycles. The molecule has 0 heterocycles. The molecule has 0 aliphatic heterocycles. The Bertz CT molecular complexity index is 346. The van der Waals surface area contributed by atoms with E-state index in [2.05, 4.69) is 13.8 Å². The number of primary amides is 1. The normalized spacial score (nSPS) is 12.4. The van der Waals surface area contributed by atoms with Crippen molar-refractivity contribution in [3.63, 3.8) is 0 Å². The fourth-order valence-corrected chi connectivity index (χ4v) is 2.11. The maximum Gasteiger partial charge on any atom is 0.248 e. The van der Waals surface area contributed by atoms with Crippen LogP contribution in [0.25, 0.3) is 0 Å². The second kappa shape index (κ2) is 6.31. The van der Waals surface area contributed by atoms with E-state index < -0.39 is 0 Å². The number of amides is 1. The van der Waals surface area contributed by atoms with E-state index in [1.54, 1.807) is 0 Å². The quantitative estimate of drug-likeness (QED) is 0.782. The molecule has 2 N–H and O–H groups in total. The molecular weight excluding hydrogens is 198 g/mol. The van der Waals surface area contributed by atoms with Crippen LogP contribution in [-0.2, 0) is 0 Å². The molecule has 88 valence electrons. The third-order valence-corrected chi connectivity index (χ3v) is 3.07. The minimum atomic E-state index is -0.314. The van der Waals surface area contributed by atoms with Crippen LogP contribution in [0.2, 0.25) is 0 Å². The average molecular weight is 219 g/mol. The van der Waals surface area contributed by atoms with Gasteiger partial charge >= 0.3 is 0 Å². The number of carbonyl (C=O) groups is 1. The van der Waals surface area contributed by atoms with Gasteiger partial charge in [0, 0.05) is 5.56 Å². The first kappa shape index (κ1) is 12.8. The standard InChI is InChI=1S/C14H21NO/c1-3-5-8-11(4-2)12-9-6-7-10-13(12)14(15)16/h6-7,9-11H,3-5,8H2,1-2H3,(H2,15,16). The summed E-state index contributed by atoms with van der Waals surface area (Å²) < 4.78 is 0. The molecule has 0 aromatic heterocycles. The van der Waals surface area contributed by atoms with E-state index >= 15 is 0 Å². The lowest BCUT2D eigenvalue weighted by molar-refractivity contribution is 0.0999. The van der Waals surface area contributed by atoms with Crippen LogP contribution in [0, 0.1) is 0 Å². The molecule has 0 spiro atoms. The molecule has 1 amide bonds. The minimum Gasteiger partial charge on any atom is -0.366 e. The summed E-state index contributed by atoms with van der Waals surface area (Å²) in [6.45, 7) is 4.35. The first-order chi connectivity index (χ1) is 7.70. The first-order valence-corrected chi connectivity index (χ1v) is 6.09. The number of hydrogen-bond donors (Lipinski definition) is 1. The molecule has 16 heavy (non-hydrogen) atoms. The van der Waals surface area contributed by atoms with E-state index in [1.807, 2.05) is 24.3 Å². The fraction of sp³-hybridized carbons (Fsp3) is 0.500. The topological polar surface area (TPSA) is 43.1 Å². The number of rotatable bonds is 6. The summed E-state index contributed by atoms with van der Waals surface area (Å²) in [5.41, 5.74) is 7.20. The molecule has 1 unspecified atom stereocenters. The summed E-state index contributed by atoms with van der Waals surface area (Å²) in [6.07, 6.45) is 4.59. The van der Waals surface area contributed by atoms with Gasteiger partial charge < -0.3 is 5.73 Å². The summed E-state index contributed by atoms with van der Waals surface area (Å²) in [6, 6.07) is 7.71. The fourth-order valence-electron chi connectivity index (χ4n) is 2.11. The Morgan fingerprint density at radius 3 is 2.56 bits per heavy atom. The van der Waals surface area contributed by atoms with Gasteiger partial charge in [0.15, 0.2) is 0 Å². The van der Waals surface area contributed by atoms with Crippen LogP contribution in [0.4, 0.5) is 0 Å². The lowest BCUT2D eigenvalue weighted by Gasteiger charge is -2.17. The smallest absolute Gasteiger partial charge is 0.248 e. The van der Waals surface area contributed by atoms with Crippen molar-refractivity contribution in [2.24, 2.45) is 5.73 Å². The van der Waals surface area contributed by atoms with Gasteiger partial charge in [0.1, 0.15) is 0 Å². The molecule has 2 nitrogen and oxygen atoms in total. The van der Waals surface area contributed by atoms with Crippen LogP contribution in [0.15, 0.2) is 24.3 Å². The largest absolute Gasteiger partial charge is 0.366 e. The van der Waals surface area contributed by atoms with Gasteiger partial charge in [-0.1, -0.05) is 44.9 Å². The van der Waals surface area contributed by atoms with Gasteiger partial charge in [-0.2, -0.15) is 0 Å². The van der Waals surface area contributed by atoms with E-state index in [-0.39, 0.29) is 5.91 Å². The number of nitrogens with two attached hydrogens (primary N) is 1. The molecule has 0 aliphatic rings. The molecule has 1 atom stereocenters. The predicted molar refractivity (Wildman–Crippen MR) is 67.5 cm³/mol. The third-order valence-electron chi connectivity index (χ3n) is 3.07. The van der Waals surface area contributed by atoms with E-state index in [4.69, 9.17) is 5.73 Å². The van der Waals surface area contributed by atoms with Crippen LogP contribution in [-0.4, -0.2) is 5.91 Å². The van der Waals surface area contributed by atoms with Gasteiger partial charge in [0.25, 0.3) is 0 Å². The summed E-state index contributed by atoms with van der Waals surface area (Å²) in [7, 11) is 0. The van der Waals surface area contributed by atoms with Crippen LogP contribution < -0.4 is 5.73 Å². The number of hydrogen-bond acceptors (Lipinski definition) is 1. The molecular formula is C14H21NO. The summed E-state index contributed by atoms with van der Waals surface area (Å²) in [4.78, 5) is 11.3. The van der Waals surface area contributed by atoms with E-state index in [1.165, 1.54) is 12.8 Å². The Kier molecular flexibility index (Phi) is 5.03. The Balaban J connectivity index is 2.94. The van der Waals surface area contributed by atoms with Crippen molar-refractivity contribution in [3.8, 4) is 0 Å². The third kappa shape index (κ3) is 3.09. The second-order valence-corrected chi connectivity index (χ2v) is 4.20. The SMILES string of the molecule is CCCCC(CC)c1ccccc1C(N)=O. The van der Waals surface area contributed by atoms with Crippen LogP contribution in [0.5, 0.6) is 0 Å². The molecule has 0 bridgehead atoms. The van der Waals surface area contributed by atoms with Crippen molar-refractivity contribution in [3.05, 3.63) is 35.4 Å². The Hall–Kier alpha value is -1.31. The van der Waals surface area contributed by atoms with Gasteiger partial charge in [-0.25, -0.2) is 0 Å². The number of benzene rings is 1. The molecule has 0 saturated heterocycles. The summed E-state index contributed by atoms with van der Waals surface area (Å²) >= 11 is 0. The Morgan fingerprint density at radius 1 is 1.31 bits per heavy atom. The molecule has 1 aromatic rings. The number of unbranched alkanes of at least 4 members (excludes halogenated alkanes) is 1. The van der Waals surface area contributed by atoms with Crippen molar-refractivity contribution < 1.29 is 4.79 Å². The maximum absolute atomic E-state index is 11.3. The zero-order chi connectivity index (χ0) is 12.0. The second-order valence-electron chi connectivity index (χ2n) is 4.20. The number of carbonyl (C=O) groups excluding carboxylic acids is 1. The lowest BCUT2D eigenvalue weighted by atomic mass is 9.88. The monoisotopic (exact) mass is 219 g/mol. The Labute approximate surface area is 97.9 Å². The van der Waals surface area contributed by atoms with Crippen molar-refractivity contribution in [2.45, 2.75) is 45.4 Å². The van der Waals surface area contributed by atoms with Crippen LogP contribution in [0.3, 0.4) is 0 Å². The zero-order valence-corrected chi connectivity index (χ0v) is 10.2. The van der Waals surface area contributed by atoms with Gasteiger partial charge in [0.2, 0.25) is 5.91 Å². The maximum atomic E-state index is 11.3. The van der Waals surface area contributed by atoms with Crippen molar-refractivity contribution >= 4 is 5.91 Å². The molecule has 1 aromatic carbocycles. The van der Waals surface area contributed by atoms with E-state index in [0.717, 1.165) is 18.4 Å². The Morgan fingerprint density at radius 2 is 2.00 bits per heavy atom. The average Bonchev–Trinajstić information content (AvgIpc) is 2.30. The summed E-state index contributed by atoms with van der Waals surface area (Å²) in [5.74, 6) is 0.147. The zero-order valence-electron chi connectivity index (χ0n) is 10.2. The van der Waals surface area contributed by atoms with Crippen molar-refractivity contribution in [2.75, 3.05) is 0 Å². The molecule has 0 radical (unpaired) electrons. The van der Waals surface area contributed by atoms with Gasteiger partial charge in [-0.15, -0.1) is 0 Å². The van der Waals surface area contributed by atoms with Gasteiger partial charge in [-0.3, -0.25) is 4.79 Å². The highest BCUT2D eigenvalue weighted by atomic mass is 16.1. The van der Waals surface area contributed by atoms with E-state index in [9.17, 15) is 4.79 Å². The van der Waals surface area contributed by atoms with Crippen LogP contribution >= 0.6 is 0 Å². The minimum absolute atomic E-state index is 0.314. The van der Waals surface area contributed by atoms with Gasteiger partial charge in [-0.05, 0) is 30.4 Å².